The minimum Gasteiger partial charge on any atom is -0.322 e. The van der Waals surface area contributed by atoms with Gasteiger partial charge in [-0.05, 0) is 68.7 Å². The number of hydrogen-bond donors (Lipinski definition) is 1. The second kappa shape index (κ2) is 8.26. The van der Waals surface area contributed by atoms with Crippen molar-refractivity contribution in [3.8, 4) is 5.69 Å². The van der Waals surface area contributed by atoms with Crippen LogP contribution in [0.25, 0.3) is 5.69 Å². The number of aromatic nitrogens is 2. The zero-order chi connectivity index (χ0) is 21.2. The molecule has 0 unspecified atom stereocenters. The lowest BCUT2D eigenvalue weighted by Crippen LogP contribution is -2.15. The van der Waals surface area contributed by atoms with Gasteiger partial charge in [0.05, 0.1) is 11.4 Å². The number of halogens is 4. The molecular weight excluding hydrogens is 405 g/mol. The maximum absolute atomic E-state index is 13.1. The molecule has 1 amide bonds. The Kier molecular flexibility index (Phi) is 5.95. The van der Waals surface area contributed by atoms with Crippen LogP contribution in [0.4, 0.5) is 18.9 Å². The number of hydrogen-bond acceptors (Lipinski definition) is 3. The fourth-order valence-corrected chi connectivity index (χ4v) is 2.83. The van der Waals surface area contributed by atoms with Gasteiger partial charge in [-0.15, -0.1) is 0 Å². The summed E-state index contributed by atoms with van der Waals surface area (Å²) in [6, 6.07) is 13.9. The Balaban J connectivity index is 1.83. The van der Waals surface area contributed by atoms with Gasteiger partial charge in [-0.2, -0.15) is 18.3 Å². The second-order valence-corrected chi connectivity index (χ2v) is 7.11. The number of nitrogens with one attached hydrogen (secondary N) is 1. The van der Waals surface area contributed by atoms with E-state index in [-0.39, 0.29) is 12.5 Å². The summed E-state index contributed by atoms with van der Waals surface area (Å²) in [4.78, 5) is 14.0. The van der Waals surface area contributed by atoms with E-state index in [1.807, 2.05) is 0 Å². The van der Waals surface area contributed by atoms with Crippen molar-refractivity contribution in [2.24, 2.45) is 0 Å². The minimum atomic E-state index is -4.53. The normalized spacial score (nSPS) is 11.7. The van der Waals surface area contributed by atoms with Crippen LogP contribution < -0.4 is 5.32 Å². The van der Waals surface area contributed by atoms with Crippen LogP contribution in [0.3, 0.4) is 0 Å². The van der Waals surface area contributed by atoms with Crippen molar-refractivity contribution in [3.63, 3.8) is 0 Å². The summed E-state index contributed by atoms with van der Waals surface area (Å²) in [5.41, 5.74) is 0.858. The van der Waals surface area contributed by atoms with Crippen LogP contribution in [0, 0.1) is 0 Å². The summed E-state index contributed by atoms with van der Waals surface area (Å²) >= 11 is 5.81. The molecule has 0 aliphatic carbocycles. The fraction of sp³-hybridized carbons (Fsp3) is 0.200. The molecular formula is C20H18ClF3N4O. The van der Waals surface area contributed by atoms with Crippen molar-refractivity contribution in [2.75, 3.05) is 19.4 Å². The van der Waals surface area contributed by atoms with Gasteiger partial charge in [0.25, 0.3) is 5.91 Å². The number of alkyl halides is 3. The first-order chi connectivity index (χ1) is 13.6. The van der Waals surface area contributed by atoms with Gasteiger partial charge in [0, 0.05) is 22.8 Å². The minimum absolute atomic E-state index is 0.290. The number of carbonyl (C=O) groups is 1. The number of carbonyl (C=O) groups excluding carboxylic acids is 1. The molecule has 0 atom stereocenters. The third-order valence-corrected chi connectivity index (χ3v) is 4.28. The van der Waals surface area contributed by atoms with Crippen LogP contribution in [-0.2, 0) is 12.7 Å². The molecule has 0 bridgehead atoms. The van der Waals surface area contributed by atoms with Gasteiger partial charge in [0.15, 0.2) is 5.69 Å². The Morgan fingerprint density at radius 3 is 2.28 bits per heavy atom. The van der Waals surface area contributed by atoms with Crippen molar-refractivity contribution in [1.82, 2.24) is 14.7 Å². The molecule has 0 fully saturated rings. The average molecular weight is 423 g/mol. The summed E-state index contributed by atoms with van der Waals surface area (Å²) < 4.78 is 40.5. The molecule has 0 aliphatic heterocycles. The lowest BCUT2D eigenvalue weighted by atomic mass is 10.2. The quantitative estimate of drug-likeness (QED) is 0.639. The van der Waals surface area contributed by atoms with Gasteiger partial charge in [0.1, 0.15) is 0 Å². The molecule has 9 heteroatoms. The molecule has 0 aliphatic rings. The Morgan fingerprint density at radius 1 is 1.10 bits per heavy atom. The molecule has 152 valence electrons. The summed E-state index contributed by atoms with van der Waals surface area (Å²) in [7, 11) is 3.53. The molecule has 2 aromatic carbocycles. The highest BCUT2D eigenvalue weighted by molar-refractivity contribution is 6.30. The number of nitrogens with zero attached hydrogens (tertiary/aromatic N) is 3. The number of amides is 1. The lowest BCUT2D eigenvalue weighted by molar-refractivity contribution is -0.141. The molecule has 0 radical (unpaired) electrons. The van der Waals surface area contributed by atoms with Crippen LogP contribution in [0.2, 0.25) is 5.02 Å². The molecule has 1 heterocycles. The monoisotopic (exact) mass is 422 g/mol. The maximum atomic E-state index is 13.1. The molecule has 0 saturated heterocycles. The number of benzene rings is 2. The van der Waals surface area contributed by atoms with E-state index < -0.39 is 11.9 Å². The van der Waals surface area contributed by atoms with Crippen LogP contribution in [0.1, 0.15) is 21.7 Å². The highest BCUT2D eigenvalue weighted by Gasteiger charge is 2.35. The number of rotatable bonds is 5. The van der Waals surface area contributed by atoms with Crippen LogP contribution in [0.5, 0.6) is 0 Å². The summed E-state index contributed by atoms with van der Waals surface area (Å²) in [6.45, 7) is 0.290. The molecule has 0 spiro atoms. The van der Waals surface area contributed by atoms with Crippen LogP contribution in [-0.4, -0.2) is 34.7 Å². The zero-order valence-electron chi connectivity index (χ0n) is 15.7. The van der Waals surface area contributed by atoms with Crippen molar-refractivity contribution in [1.29, 1.82) is 0 Å². The first-order valence-corrected chi connectivity index (χ1v) is 8.99. The molecule has 5 nitrogen and oxygen atoms in total. The predicted octanol–water partition coefficient (Wildman–Crippen LogP) is 4.86. The highest BCUT2D eigenvalue weighted by Crippen LogP contribution is 2.30. The number of anilines is 1. The van der Waals surface area contributed by atoms with Gasteiger partial charge >= 0.3 is 6.18 Å². The van der Waals surface area contributed by atoms with E-state index in [4.69, 9.17) is 11.6 Å². The third kappa shape index (κ3) is 5.16. The van der Waals surface area contributed by atoms with Gasteiger partial charge < -0.3 is 10.2 Å². The van der Waals surface area contributed by atoms with Crippen LogP contribution in [0.15, 0.2) is 54.6 Å². The Labute approximate surface area is 170 Å². The van der Waals surface area contributed by atoms with E-state index in [0.29, 0.717) is 27.7 Å². The van der Waals surface area contributed by atoms with E-state index in [1.54, 1.807) is 67.5 Å². The summed E-state index contributed by atoms with van der Waals surface area (Å²) in [5.74, 6) is -0.318. The topological polar surface area (TPSA) is 50.2 Å². The summed E-state index contributed by atoms with van der Waals surface area (Å²) in [5, 5.41) is 6.97. The summed E-state index contributed by atoms with van der Waals surface area (Å²) in [6.07, 6.45) is -4.53. The molecule has 1 N–H and O–H groups in total. The van der Waals surface area contributed by atoms with Gasteiger partial charge in [-0.1, -0.05) is 11.6 Å². The van der Waals surface area contributed by atoms with Crippen molar-refractivity contribution >= 4 is 23.2 Å². The molecule has 1 aromatic heterocycles. The first kappa shape index (κ1) is 20.9. The Hall–Kier alpha value is -2.84. The Morgan fingerprint density at radius 2 is 1.72 bits per heavy atom. The third-order valence-electron chi connectivity index (χ3n) is 4.03. The lowest BCUT2D eigenvalue weighted by Gasteiger charge is -2.12. The van der Waals surface area contributed by atoms with Crippen molar-refractivity contribution in [3.05, 3.63) is 76.6 Å². The molecule has 0 saturated carbocycles. The van der Waals surface area contributed by atoms with Crippen LogP contribution >= 0.6 is 11.6 Å². The van der Waals surface area contributed by atoms with E-state index in [0.717, 1.165) is 6.07 Å². The molecule has 29 heavy (non-hydrogen) atoms. The highest BCUT2D eigenvalue weighted by atomic mass is 35.5. The Bertz CT molecular complexity index is 996. The SMILES string of the molecule is CN(C)Cc1cc(C(F)(F)F)nn1-c1ccc(NC(=O)c2ccc(Cl)cc2)cc1. The molecule has 3 aromatic rings. The van der Waals surface area contributed by atoms with Crippen molar-refractivity contribution < 1.29 is 18.0 Å². The van der Waals surface area contributed by atoms with Gasteiger partial charge in [-0.3, -0.25) is 4.79 Å². The molecule has 3 rings (SSSR count). The maximum Gasteiger partial charge on any atom is 0.435 e. The largest absolute Gasteiger partial charge is 0.435 e. The first-order valence-electron chi connectivity index (χ1n) is 8.62. The van der Waals surface area contributed by atoms with Gasteiger partial charge in [-0.25, -0.2) is 4.68 Å². The van der Waals surface area contributed by atoms with Gasteiger partial charge in [0.2, 0.25) is 0 Å². The second-order valence-electron chi connectivity index (χ2n) is 6.68. The van der Waals surface area contributed by atoms with E-state index in [1.165, 1.54) is 4.68 Å². The average Bonchev–Trinajstić information content (AvgIpc) is 3.06. The fourth-order valence-electron chi connectivity index (χ4n) is 2.71. The van der Waals surface area contributed by atoms with E-state index >= 15 is 0 Å². The smallest absolute Gasteiger partial charge is 0.322 e. The predicted molar refractivity (Wildman–Crippen MR) is 105 cm³/mol. The van der Waals surface area contributed by atoms with Crippen molar-refractivity contribution in [2.45, 2.75) is 12.7 Å². The zero-order valence-corrected chi connectivity index (χ0v) is 16.4. The van der Waals surface area contributed by atoms with E-state index in [2.05, 4.69) is 10.4 Å². The van der Waals surface area contributed by atoms with E-state index in [9.17, 15) is 18.0 Å². The standard InChI is InChI=1S/C20H18ClF3N4O/c1-27(2)12-17-11-18(20(22,23)24)26-28(17)16-9-7-15(8-10-16)25-19(29)13-3-5-14(21)6-4-13/h3-11H,12H2,1-2H3,(H,25,29).